The molecule has 5 nitrogen and oxygen atoms in total. The van der Waals surface area contributed by atoms with Crippen molar-refractivity contribution < 1.29 is 18.0 Å². The van der Waals surface area contributed by atoms with Gasteiger partial charge in [-0.3, -0.25) is 14.6 Å². The topological polar surface area (TPSA) is 59.4 Å². The summed E-state index contributed by atoms with van der Waals surface area (Å²) in [5, 5.41) is 13.1. The number of hydrogen-bond donors (Lipinski definition) is 1. The number of amides is 1. The average Bonchev–Trinajstić information content (AvgIpc) is 2.80. The van der Waals surface area contributed by atoms with E-state index in [1.807, 2.05) is 4.90 Å². The van der Waals surface area contributed by atoms with E-state index in [2.05, 4.69) is 11.4 Å². The van der Waals surface area contributed by atoms with E-state index in [-0.39, 0.29) is 19.0 Å². The number of halogens is 3. The van der Waals surface area contributed by atoms with Crippen molar-refractivity contribution >= 4 is 22.2 Å². The van der Waals surface area contributed by atoms with Crippen LogP contribution in [0.25, 0.3) is 0 Å². The van der Waals surface area contributed by atoms with Gasteiger partial charge in [-0.15, -0.1) is 11.3 Å². The number of nitrogens with zero attached hydrogens (tertiary/aromatic N) is 3. The lowest BCUT2D eigenvalue weighted by molar-refractivity contribution is -0.150. The summed E-state index contributed by atoms with van der Waals surface area (Å²) in [4.78, 5) is 17.2. The van der Waals surface area contributed by atoms with Gasteiger partial charge in [-0.2, -0.15) is 18.4 Å². The number of hydrogen-bond acceptors (Lipinski definition) is 5. The first-order chi connectivity index (χ1) is 13.3. The molecule has 1 aromatic rings. The molecule has 0 radical (unpaired) electrons. The molecule has 2 aliphatic rings. The number of carbonyl (C=O) groups excluding carboxylic acids is 1. The Labute approximate surface area is 167 Å². The number of piperazine rings is 1. The largest absolute Gasteiger partial charge is 0.401 e. The zero-order chi connectivity index (χ0) is 20.3. The van der Waals surface area contributed by atoms with E-state index in [1.54, 1.807) is 6.92 Å². The second-order valence-corrected chi connectivity index (χ2v) is 8.58. The second kappa shape index (κ2) is 8.80. The van der Waals surface area contributed by atoms with Gasteiger partial charge in [0, 0.05) is 31.1 Å². The maximum Gasteiger partial charge on any atom is 0.401 e. The Kier molecular flexibility index (Phi) is 6.63. The second-order valence-electron chi connectivity index (χ2n) is 7.47. The third-order valence-corrected chi connectivity index (χ3v) is 6.71. The molecule has 0 spiro atoms. The summed E-state index contributed by atoms with van der Waals surface area (Å²) in [7, 11) is 0. The van der Waals surface area contributed by atoms with E-state index >= 15 is 0 Å². The zero-order valence-electron chi connectivity index (χ0n) is 15.9. The summed E-state index contributed by atoms with van der Waals surface area (Å²) in [6.07, 6.45) is 0.943. The highest BCUT2D eigenvalue weighted by molar-refractivity contribution is 7.16. The molecule has 9 heteroatoms. The van der Waals surface area contributed by atoms with Crippen LogP contribution in [0.2, 0.25) is 0 Å². The third kappa shape index (κ3) is 5.04. The summed E-state index contributed by atoms with van der Waals surface area (Å²) in [6.45, 7) is 2.25. The molecule has 2 heterocycles. The summed E-state index contributed by atoms with van der Waals surface area (Å²) in [5.41, 5.74) is 1.66. The highest BCUT2D eigenvalue weighted by Crippen LogP contribution is 2.37. The molecule has 28 heavy (non-hydrogen) atoms. The molecule has 3 rings (SSSR count). The lowest BCUT2D eigenvalue weighted by atomic mass is 10.1. The van der Waals surface area contributed by atoms with E-state index in [1.165, 1.54) is 21.1 Å². The molecule has 1 atom stereocenters. The first-order valence-corrected chi connectivity index (χ1v) is 10.5. The van der Waals surface area contributed by atoms with Crippen molar-refractivity contribution in [3.63, 3.8) is 0 Å². The molecule has 1 amide bonds. The van der Waals surface area contributed by atoms with Crippen molar-refractivity contribution in [1.82, 2.24) is 9.80 Å². The molecular formula is C19H25F3N4OS. The maximum absolute atomic E-state index is 12.7. The van der Waals surface area contributed by atoms with Crippen molar-refractivity contribution in [2.75, 3.05) is 38.0 Å². The summed E-state index contributed by atoms with van der Waals surface area (Å²) in [6, 6.07) is 1.79. The summed E-state index contributed by atoms with van der Waals surface area (Å²) >= 11 is 1.49. The van der Waals surface area contributed by atoms with Gasteiger partial charge in [-0.05, 0) is 38.2 Å². The molecule has 1 aliphatic heterocycles. The van der Waals surface area contributed by atoms with Crippen LogP contribution in [-0.4, -0.2) is 60.6 Å². The fourth-order valence-corrected chi connectivity index (χ4v) is 5.14. The van der Waals surface area contributed by atoms with Crippen molar-refractivity contribution in [2.45, 2.75) is 51.2 Å². The predicted octanol–water partition coefficient (Wildman–Crippen LogP) is 3.40. The summed E-state index contributed by atoms with van der Waals surface area (Å²) in [5.74, 6) is -0.211. The maximum atomic E-state index is 12.7. The Morgan fingerprint density at radius 1 is 1.21 bits per heavy atom. The number of anilines is 1. The minimum absolute atomic E-state index is 0.211. The van der Waals surface area contributed by atoms with Crippen LogP contribution in [0, 0.1) is 11.3 Å². The highest BCUT2D eigenvalue weighted by Gasteiger charge is 2.34. The van der Waals surface area contributed by atoms with Crippen molar-refractivity contribution in [3.8, 4) is 6.07 Å². The van der Waals surface area contributed by atoms with Crippen molar-refractivity contribution in [2.24, 2.45) is 0 Å². The Bertz CT molecular complexity index is 748. The SMILES string of the molecule is CC(C(=O)Nc1sc2c(c1C#N)CCCCC2)N1CCN(CC(F)(F)F)CC1. The zero-order valence-corrected chi connectivity index (χ0v) is 16.8. The Morgan fingerprint density at radius 2 is 1.89 bits per heavy atom. The van der Waals surface area contributed by atoms with Gasteiger partial charge in [0.15, 0.2) is 0 Å². The molecule has 1 saturated heterocycles. The third-order valence-electron chi connectivity index (χ3n) is 5.51. The van der Waals surface area contributed by atoms with E-state index in [0.717, 1.165) is 37.7 Å². The molecule has 0 aromatic carbocycles. The number of thiophene rings is 1. The monoisotopic (exact) mass is 414 g/mol. The van der Waals surface area contributed by atoms with Gasteiger partial charge in [-0.25, -0.2) is 0 Å². The first-order valence-electron chi connectivity index (χ1n) is 9.67. The van der Waals surface area contributed by atoms with E-state index in [4.69, 9.17) is 0 Å². The van der Waals surface area contributed by atoms with Crippen LogP contribution < -0.4 is 5.32 Å². The van der Waals surface area contributed by atoms with Gasteiger partial charge in [0.1, 0.15) is 11.1 Å². The van der Waals surface area contributed by atoms with Crippen LogP contribution >= 0.6 is 11.3 Å². The molecule has 1 N–H and O–H groups in total. The van der Waals surface area contributed by atoms with Gasteiger partial charge in [0.2, 0.25) is 5.91 Å². The molecule has 0 saturated carbocycles. The number of rotatable bonds is 4. The van der Waals surface area contributed by atoms with Gasteiger partial charge in [0.25, 0.3) is 0 Å². The Hall–Kier alpha value is -1.63. The van der Waals surface area contributed by atoms with Gasteiger partial charge < -0.3 is 5.32 Å². The smallest absolute Gasteiger partial charge is 0.315 e. The normalized spacial score (nSPS) is 20.1. The van der Waals surface area contributed by atoms with Crippen LogP contribution in [0.15, 0.2) is 0 Å². The van der Waals surface area contributed by atoms with Gasteiger partial charge >= 0.3 is 6.18 Å². The molecule has 0 bridgehead atoms. The molecule has 1 unspecified atom stereocenters. The highest BCUT2D eigenvalue weighted by atomic mass is 32.1. The molecule has 1 fully saturated rings. The standard InChI is InChI=1S/C19H25F3N4OS/c1-13(26-9-7-25(8-10-26)12-19(20,21)22)17(27)24-18-15(11-23)14-5-3-2-4-6-16(14)28-18/h13H,2-10,12H2,1H3,(H,24,27). The van der Waals surface area contributed by atoms with Crippen LogP contribution in [0.1, 0.15) is 42.2 Å². The Morgan fingerprint density at radius 3 is 2.54 bits per heavy atom. The molecule has 1 aliphatic carbocycles. The van der Waals surface area contributed by atoms with Crippen LogP contribution in [0.4, 0.5) is 18.2 Å². The number of fused-ring (bicyclic) bond motifs is 1. The van der Waals surface area contributed by atoms with Gasteiger partial charge in [0.05, 0.1) is 18.2 Å². The number of nitriles is 1. The number of carbonyl (C=O) groups is 1. The van der Waals surface area contributed by atoms with Crippen LogP contribution in [-0.2, 0) is 17.6 Å². The molecular weight excluding hydrogens is 389 g/mol. The van der Waals surface area contributed by atoms with E-state index in [9.17, 15) is 23.2 Å². The van der Waals surface area contributed by atoms with E-state index in [0.29, 0.717) is 23.7 Å². The quantitative estimate of drug-likeness (QED) is 0.768. The van der Waals surface area contributed by atoms with Gasteiger partial charge in [-0.1, -0.05) is 6.42 Å². The average molecular weight is 414 g/mol. The Balaban J connectivity index is 1.60. The predicted molar refractivity (Wildman–Crippen MR) is 102 cm³/mol. The van der Waals surface area contributed by atoms with Crippen LogP contribution in [0.5, 0.6) is 0 Å². The van der Waals surface area contributed by atoms with Crippen molar-refractivity contribution in [1.29, 1.82) is 5.26 Å². The number of aryl methyl sites for hydroxylation is 1. The summed E-state index contributed by atoms with van der Waals surface area (Å²) < 4.78 is 37.5. The minimum atomic E-state index is -4.20. The fourth-order valence-electron chi connectivity index (χ4n) is 3.89. The molecule has 1 aromatic heterocycles. The van der Waals surface area contributed by atoms with Crippen LogP contribution in [0.3, 0.4) is 0 Å². The molecule has 154 valence electrons. The fraction of sp³-hybridized carbons (Fsp3) is 0.684. The van der Waals surface area contributed by atoms with Crippen molar-refractivity contribution in [3.05, 3.63) is 16.0 Å². The first kappa shape index (κ1) is 21.1. The van der Waals surface area contributed by atoms with E-state index < -0.39 is 18.8 Å². The lowest BCUT2D eigenvalue weighted by Crippen LogP contribution is -2.54. The number of alkyl halides is 3. The number of nitrogens with one attached hydrogen (secondary N) is 1. The lowest BCUT2D eigenvalue weighted by Gasteiger charge is -2.37. The minimum Gasteiger partial charge on any atom is -0.315 e.